The summed E-state index contributed by atoms with van der Waals surface area (Å²) < 4.78 is 6.63. The largest absolute Gasteiger partial charge is 0.457 e. The zero-order valence-electron chi connectivity index (χ0n) is 31.3. The number of ether oxygens (including phenoxy) is 1. The lowest BCUT2D eigenvalue weighted by molar-refractivity contribution is 0.479. The van der Waals surface area contributed by atoms with Gasteiger partial charge in [0.05, 0.1) is 11.4 Å². The molecule has 8 rings (SSSR count). The Hall–Kier alpha value is -6.35. The maximum absolute atomic E-state index is 6.63. The third-order valence-electron chi connectivity index (χ3n) is 9.89. The van der Waals surface area contributed by atoms with Gasteiger partial charge in [0.2, 0.25) is 0 Å². The second-order valence-electron chi connectivity index (χ2n) is 14.8. The molecule has 0 aromatic heterocycles. The zero-order chi connectivity index (χ0) is 37.8. The smallest absolute Gasteiger partial charge is 0.129 e. The molecule has 2 nitrogen and oxygen atoms in total. The molecule has 0 heterocycles. The second-order valence-corrected chi connectivity index (χ2v) is 15.2. The maximum Gasteiger partial charge on any atom is 0.129 e. The molecule has 0 radical (unpaired) electrons. The van der Waals surface area contributed by atoms with E-state index in [2.05, 4.69) is 202 Å². The topological polar surface area (TPSA) is 12.5 Å². The number of halogens is 1. The Kier molecular flexibility index (Phi) is 10.1. The number of nitrogens with zero attached hydrogens (tertiary/aromatic N) is 1. The van der Waals surface area contributed by atoms with Gasteiger partial charge in [-0.25, -0.2) is 0 Å². The monoisotopic (exact) mass is 731 g/mol. The van der Waals surface area contributed by atoms with E-state index >= 15 is 0 Å². The van der Waals surface area contributed by atoms with Crippen LogP contribution in [0.1, 0.15) is 26.3 Å². The molecule has 0 amide bonds. The van der Waals surface area contributed by atoms with Gasteiger partial charge >= 0.3 is 0 Å². The number of anilines is 3. The molecule has 0 unspecified atom stereocenters. The molecule has 0 fully saturated rings. The highest BCUT2D eigenvalue weighted by atomic mass is 35.5. The van der Waals surface area contributed by atoms with Gasteiger partial charge in [-0.1, -0.05) is 172 Å². The number of hydrogen-bond acceptors (Lipinski definition) is 2. The maximum atomic E-state index is 6.63. The molecule has 0 aliphatic heterocycles. The predicted octanol–water partition coefficient (Wildman–Crippen LogP) is 15.6. The first-order valence-corrected chi connectivity index (χ1v) is 19.1. The zero-order valence-corrected chi connectivity index (χ0v) is 32.0. The van der Waals surface area contributed by atoms with Crippen LogP contribution in [-0.2, 0) is 5.41 Å². The highest BCUT2D eigenvalue weighted by molar-refractivity contribution is 6.30. The molecule has 0 saturated heterocycles. The molecule has 0 saturated carbocycles. The van der Waals surface area contributed by atoms with Crippen molar-refractivity contribution in [3.63, 3.8) is 0 Å². The minimum atomic E-state index is -0.174. The summed E-state index contributed by atoms with van der Waals surface area (Å²) in [6.07, 6.45) is 0. The van der Waals surface area contributed by atoms with Gasteiger partial charge in [-0.2, -0.15) is 0 Å². The van der Waals surface area contributed by atoms with Crippen molar-refractivity contribution >= 4 is 28.7 Å². The van der Waals surface area contributed by atoms with Crippen molar-refractivity contribution in [1.82, 2.24) is 0 Å². The predicted molar refractivity (Wildman–Crippen MR) is 233 cm³/mol. The summed E-state index contributed by atoms with van der Waals surface area (Å²) in [7, 11) is 0. The van der Waals surface area contributed by atoms with Gasteiger partial charge in [-0.3, -0.25) is 0 Å². The summed E-state index contributed by atoms with van der Waals surface area (Å²) in [6, 6.07) is 70.4. The number of benzene rings is 8. The molecular formula is C52H42ClNO. The first-order valence-electron chi connectivity index (χ1n) is 18.7. The molecule has 0 spiro atoms. The molecule has 0 bridgehead atoms. The van der Waals surface area contributed by atoms with Gasteiger partial charge in [-0.05, 0) is 99.0 Å². The summed E-state index contributed by atoms with van der Waals surface area (Å²) in [5.41, 5.74) is 13.2. The van der Waals surface area contributed by atoms with Crippen LogP contribution in [0.2, 0.25) is 5.02 Å². The quantitative estimate of drug-likeness (QED) is 0.147. The van der Waals surface area contributed by atoms with Crippen LogP contribution in [0.25, 0.3) is 44.5 Å². The van der Waals surface area contributed by atoms with E-state index < -0.39 is 0 Å². The molecule has 0 atom stereocenters. The van der Waals surface area contributed by atoms with E-state index in [1.165, 1.54) is 5.56 Å². The molecular weight excluding hydrogens is 690 g/mol. The summed E-state index contributed by atoms with van der Waals surface area (Å²) in [5, 5.41) is 0.628. The Morgan fingerprint density at radius 3 is 1.40 bits per heavy atom. The number of hydrogen-bond donors (Lipinski definition) is 0. The van der Waals surface area contributed by atoms with Crippen molar-refractivity contribution in [3.05, 3.63) is 211 Å². The summed E-state index contributed by atoms with van der Waals surface area (Å²) in [4.78, 5) is 2.41. The highest BCUT2D eigenvalue weighted by Crippen LogP contribution is 2.50. The lowest BCUT2D eigenvalue weighted by Crippen LogP contribution is -2.16. The van der Waals surface area contributed by atoms with Crippen molar-refractivity contribution in [2.75, 3.05) is 4.90 Å². The van der Waals surface area contributed by atoms with E-state index in [0.717, 1.165) is 67.3 Å². The first kappa shape index (κ1) is 35.7. The van der Waals surface area contributed by atoms with Gasteiger partial charge in [0.25, 0.3) is 0 Å². The SMILES string of the molecule is CC(C)(C)c1cc(Oc2cccc(Cl)c2)cc(N(c2ccc(-c3ccccc3)cc2)c2c(-c3ccccc3)cc(-c3ccccc3)cc2-c2ccccc2)c1. The Balaban J connectivity index is 1.45. The fourth-order valence-electron chi connectivity index (χ4n) is 7.06. The van der Waals surface area contributed by atoms with Crippen LogP contribution in [0.15, 0.2) is 200 Å². The molecule has 8 aromatic rings. The minimum Gasteiger partial charge on any atom is -0.457 e. The van der Waals surface area contributed by atoms with Crippen LogP contribution >= 0.6 is 11.6 Å². The Morgan fingerprint density at radius 2 is 0.891 bits per heavy atom. The molecule has 0 N–H and O–H groups in total. The minimum absolute atomic E-state index is 0.174. The Morgan fingerprint density at radius 1 is 0.400 bits per heavy atom. The summed E-state index contributed by atoms with van der Waals surface area (Å²) >= 11 is 6.43. The van der Waals surface area contributed by atoms with E-state index in [9.17, 15) is 0 Å². The van der Waals surface area contributed by atoms with Gasteiger partial charge < -0.3 is 9.64 Å². The average Bonchev–Trinajstić information content (AvgIpc) is 3.22. The van der Waals surface area contributed by atoms with Crippen molar-refractivity contribution in [2.45, 2.75) is 26.2 Å². The molecule has 268 valence electrons. The van der Waals surface area contributed by atoms with Crippen LogP contribution in [-0.4, -0.2) is 0 Å². The van der Waals surface area contributed by atoms with E-state index in [0.29, 0.717) is 10.8 Å². The molecule has 0 aliphatic rings. The van der Waals surface area contributed by atoms with E-state index in [1.54, 1.807) is 0 Å². The normalized spacial score (nSPS) is 11.3. The average molecular weight is 732 g/mol. The highest BCUT2D eigenvalue weighted by Gasteiger charge is 2.26. The van der Waals surface area contributed by atoms with Crippen LogP contribution in [0.5, 0.6) is 11.5 Å². The number of rotatable bonds is 9. The lowest BCUT2D eigenvalue weighted by atomic mass is 9.86. The molecule has 8 aromatic carbocycles. The molecule has 3 heteroatoms. The van der Waals surface area contributed by atoms with Gasteiger partial charge in [0, 0.05) is 27.9 Å². The van der Waals surface area contributed by atoms with Crippen molar-refractivity contribution in [3.8, 4) is 56.0 Å². The fourth-order valence-corrected chi connectivity index (χ4v) is 7.24. The van der Waals surface area contributed by atoms with Crippen LogP contribution in [0.4, 0.5) is 17.1 Å². The summed E-state index contributed by atoms with van der Waals surface area (Å²) in [5.74, 6) is 1.42. The van der Waals surface area contributed by atoms with Crippen molar-refractivity contribution in [2.24, 2.45) is 0 Å². The summed E-state index contributed by atoms with van der Waals surface area (Å²) in [6.45, 7) is 6.73. The van der Waals surface area contributed by atoms with Crippen molar-refractivity contribution < 1.29 is 4.74 Å². The van der Waals surface area contributed by atoms with Crippen LogP contribution < -0.4 is 9.64 Å². The van der Waals surface area contributed by atoms with Gasteiger partial charge in [0.1, 0.15) is 11.5 Å². The molecule has 0 aliphatic carbocycles. The molecule has 55 heavy (non-hydrogen) atoms. The second kappa shape index (κ2) is 15.6. The van der Waals surface area contributed by atoms with E-state index in [-0.39, 0.29) is 5.41 Å². The third-order valence-corrected chi connectivity index (χ3v) is 10.1. The van der Waals surface area contributed by atoms with Crippen LogP contribution in [0, 0.1) is 0 Å². The standard InChI is InChI=1S/C52H42ClNO/c1-52(2,3)43-33-46(36-48(34-43)55-47-26-16-25-44(53)35-47)54(45-29-27-39(28-30-45)37-17-8-4-9-18-37)51-49(40-21-12-6-13-22-40)31-42(38-19-10-5-11-20-38)32-50(51)41-23-14-7-15-24-41/h4-36H,1-3H3. The van der Waals surface area contributed by atoms with Crippen LogP contribution in [0.3, 0.4) is 0 Å². The Labute approximate surface area is 329 Å². The van der Waals surface area contributed by atoms with E-state index in [4.69, 9.17) is 16.3 Å². The lowest BCUT2D eigenvalue weighted by Gasteiger charge is -2.33. The van der Waals surface area contributed by atoms with Gasteiger partial charge in [-0.15, -0.1) is 0 Å². The fraction of sp³-hybridized carbons (Fsp3) is 0.0769. The van der Waals surface area contributed by atoms with E-state index in [1.807, 2.05) is 24.3 Å². The van der Waals surface area contributed by atoms with Crippen molar-refractivity contribution in [1.29, 1.82) is 0 Å². The third kappa shape index (κ3) is 7.97. The Bertz CT molecular complexity index is 2460. The first-order chi connectivity index (χ1) is 26.8. The van der Waals surface area contributed by atoms with Gasteiger partial charge in [0.15, 0.2) is 0 Å².